The van der Waals surface area contributed by atoms with E-state index in [1.54, 1.807) is 13.0 Å². The monoisotopic (exact) mass is 335 g/mol. The van der Waals surface area contributed by atoms with E-state index < -0.39 is 28.5 Å². The molecule has 2 aromatic rings. The highest BCUT2D eigenvalue weighted by atomic mass is 19.1. The second-order valence-electron chi connectivity index (χ2n) is 5.09. The van der Waals surface area contributed by atoms with E-state index >= 15 is 0 Å². The lowest BCUT2D eigenvalue weighted by molar-refractivity contribution is -0.383. The van der Waals surface area contributed by atoms with Crippen molar-refractivity contribution in [1.29, 1.82) is 0 Å². The molecular formula is C16H15F2N3O3. The Kier molecular flexibility index (Phi) is 5.54. The molecule has 0 aliphatic rings. The number of hydrogen-bond donors (Lipinski definition) is 2. The van der Waals surface area contributed by atoms with Crippen LogP contribution < -0.4 is 10.6 Å². The van der Waals surface area contributed by atoms with Crippen molar-refractivity contribution >= 4 is 17.3 Å². The number of benzene rings is 2. The van der Waals surface area contributed by atoms with E-state index in [2.05, 4.69) is 10.6 Å². The van der Waals surface area contributed by atoms with Gasteiger partial charge in [0.25, 0.3) is 5.69 Å². The molecule has 0 unspecified atom stereocenters. The highest BCUT2D eigenvalue weighted by molar-refractivity contribution is 5.94. The molecule has 0 radical (unpaired) electrons. The Bertz CT molecular complexity index is 768. The van der Waals surface area contributed by atoms with Crippen LogP contribution in [0.5, 0.6) is 0 Å². The number of nitro groups is 1. The van der Waals surface area contributed by atoms with Crippen molar-refractivity contribution in [2.45, 2.75) is 13.0 Å². The van der Waals surface area contributed by atoms with Gasteiger partial charge >= 0.3 is 0 Å². The summed E-state index contributed by atoms with van der Waals surface area (Å²) in [5.74, 6) is -1.91. The first-order valence-electron chi connectivity index (χ1n) is 7.10. The average molecular weight is 335 g/mol. The Balaban J connectivity index is 1.97. The van der Waals surface area contributed by atoms with Crippen LogP contribution in [0.15, 0.2) is 42.5 Å². The summed E-state index contributed by atoms with van der Waals surface area (Å²) < 4.78 is 26.5. The van der Waals surface area contributed by atoms with E-state index in [0.717, 1.165) is 12.1 Å². The van der Waals surface area contributed by atoms with Gasteiger partial charge in [-0.2, -0.15) is 0 Å². The van der Waals surface area contributed by atoms with Crippen molar-refractivity contribution in [2.24, 2.45) is 0 Å². The van der Waals surface area contributed by atoms with Crippen LogP contribution in [0.25, 0.3) is 0 Å². The zero-order valence-electron chi connectivity index (χ0n) is 12.8. The lowest BCUT2D eigenvalue weighted by Crippen LogP contribution is -2.30. The molecule has 8 heteroatoms. The van der Waals surface area contributed by atoms with E-state index in [1.807, 2.05) is 0 Å². The quantitative estimate of drug-likeness (QED) is 0.627. The van der Waals surface area contributed by atoms with Gasteiger partial charge in [0.05, 0.1) is 11.5 Å². The lowest BCUT2D eigenvalue weighted by atomic mass is 10.1. The summed E-state index contributed by atoms with van der Waals surface area (Å²) in [5.41, 5.74) is 0.0771. The summed E-state index contributed by atoms with van der Waals surface area (Å²) in [6, 6.07) is 8.39. The molecule has 0 saturated carbocycles. The molecule has 0 spiro atoms. The molecule has 0 heterocycles. The molecule has 0 aromatic heterocycles. The number of halogens is 2. The number of rotatable bonds is 6. The second-order valence-corrected chi connectivity index (χ2v) is 5.09. The van der Waals surface area contributed by atoms with E-state index in [0.29, 0.717) is 0 Å². The fraction of sp³-hybridized carbons (Fsp3) is 0.188. The number of amides is 1. The maximum atomic E-state index is 13.7. The van der Waals surface area contributed by atoms with Gasteiger partial charge in [-0.05, 0) is 19.1 Å². The smallest absolute Gasteiger partial charge is 0.292 e. The molecule has 2 N–H and O–H groups in total. The predicted octanol–water partition coefficient (Wildman–Crippen LogP) is 3.16. The molecule has 0 aliphatic carbocycles. The Morgan fingerprint density at radius 1 is 1.25 bits per heavy atom. The average Bonchev–Trinajstić information content (AvgIpc) is 2.53. The minimum absolute atomic E-state index is 0.0786. The molecule has 24 heavy (non-hydrogen) atoms. The zero-order chi connectivity index (χ0) is 17.7. The molecule has 2 aromatic carbocycles. The lowest BCUT2D eigenvalue weighted by Gasteiger charge is -2.15. The van der Waals surface area contributed by atoms with Gasteiger partial charge in [0.15, 0.2) is 0 Å². The van der Waals surface area contributed by atoms with Crippen LogP contribution >= 0.6 is 0 Å². The van der Waals surface area contributed by atoms with Crippen LogP contribution in [-0.4, -0.2) is 17.4 Å². The molecular weight excluding hydrogens is 320 g/mol. The molecule has 126 valence electrons. The SMILES string of the molecule is C[C@@H](NCC(=O)Nc1ccccc1[N+](=O)[O-])c1ccc(F)cc1F. The normalized spacial score (nSPS) is 11.8. The van der Waals surface area contributed by atoms with E-state index in [4.69, 9.17) is 0 Å². The molecule has 0 fully saturated rings. The largest absolute Gasteiger partial charge is 0.319 e. The fourth-order valence-corrected chi connectivity index (χ4v) is 2.14. The minimum atomic E-state index is -0.714. The number of carbonyl (C=O) groups excluding carboxylic acids is 1. The number of anilines is 1. The van der Waals surface area contributed by atoms with Crippen molar-refractivity contribution in [3.63, 3.8) is 0 Å². The maximum absolute atomic E-state index is 13.7. The number of para-hydroxylation sites is 2. The Morgan fingerprint density at radius 2 is 1.96 bits per heavy atom. The predicted molar refractivity (Wildman–Crippen MR) is 84.5 cm³/mol. The van der Waals surface area contributed by atoms with Crippen LogP contribution in [-0.2, 0) is 4.79 Å². The molecule has 1 atom stereocenters. The van der Waals surface area contributed by atoms with Gasteiger partial charge in [-0.15, -0.1) is 0 Å². The van der Waals surface area contributed by atoms with Crippen molar-refractivity contribution in [3.05, 3.63) is 69.8 Å². The first kappa shape index (κ1) is 17.5. The van der Waals surface area contributed by atoms with Crippen LogP contribution in [0.2, 0.25) is 0 Å². The zero-order valence-corrected chi connectivity index (χ0v) is 12.8. The van der Waals surface area contributed by atoms with Gasteiger partial charge in [0.1, 0.15) is 17.3 Å². The standard InChI is InChI=1S/C16H15F2N3O3/c1-10(12-7-6-11(17)8-13(12)18)19-9-16(22)20-14-4-2-3-5-15(14)21(23)24/h2-8,10,19H,9H2,1H3,(H,20,22)/t10-/m1/s1. The van der Waals surface area contributed by atoms with Crippen LogP contribution in [0.4, 0.5) is 20.2 Å². The summed E-state index contributed by atoms with van der Waals surface area (Å²) >= 11 is 0. The number of nitrogens with zero attached hydrogens (tertiary/aromatic N) is 1. The van der Waals surface area contributed by atoms with Gasteiger partial charge in [-0.3, -0.25) is 14.9 Å². The number of nitrogens with one attached hydrogen (secondary N) is 2. The molecule has 0 aliphatic heterocycles. The van der Waals surface area contributed by atoms with Gasteiger partial charge in [0, 0.05) is 23.7 Å². The molecule has 0 bridgehead atoms. The van der Waals surface area contributed by atoms with Crippen molar-refractivity contribution in [3.8, 4) is 0 Å². The van der Waals surface area contributed by atoms with Crippen LogP contribution in [0, 0.1) is 21.7 Å². The first-order valence-corrected chi connectivity index (χ1v) is 7.10. The van der Waals surface area contributed by atoms with Gasteiger partial charge < -0.3 is 10.6 Å². The maximum Gasteiger partial charge on any atom is 0.292 e. The number of nitro benzene ring substituents is 1. The van der Waals surface area contributed by atoms with Crippen LogP contribution in [0.1, 0.15) is 18.5 Å². The van der Waals surface area contributed by atoms with Crippen molar-refractivity contribution in [1.82, 2.24) is 5.32 Å². The summed E-state index contributed by atoms with van der Waals surface area (Å²) in [6.07, 6.45) is 0. The third kappa shape index (κ3) is 4.32. The van der Waals surface area contributed by atoms with Crippen molar-refractivity contribution in [2.75, 3.05) is 11.9 Å². The minimum Gasteiger partial charge on any atom is -0.319 e. The third-order valence-corrected chi connectivity index (χ3v) is 3.37. The van der Waals surface area contributed by atoms with Gasteiger partial charge in [-0.25, -0.2) is 8.78 Å². The summed E-state index contributed by atoms with van der Waals surface area (Å²) in [4.78, 5) is 22.2. The van der Waals surface area contributed by atoms with E-state index in [9.17, 15) is 23.7 Å². The Morgan fingerprint density at radius 3 is 2.62 bits per heavy atom. The van der Waals surface area contributed by atoms with Gasteiger partial charge in [0.2, 0.25) is 5.91 Å². The van der Waals surface area contributed by atoms with E-state index in [-0.39, 0.29) is 23.5 Å². The Labute approximate surface area is 136 Å². The molecule has 1 amide bonds. The summed E-state index contributed by atoms with van der Waals surface area (Å²) in [7, 11) is 0. The van der Waals surface area contributed by atoms with E-state index in [1.165, 1.54) is 24.3 Å². The number of carbonyl (C=O) groups is 1. The Hall–Kier alpha value is -2.87. The second kappa shape index (κ2) is 7.60. The van der Waals surface area contributed by atoms with Gasteiger partial charge in [-0.1, -0.05) is 18.2 Å². The fourth-order valence-electron chi connectivity index (χ4n) is 2.14. The highest BCUT2D eigenvalue weighted by Gasteiger charge is 2.16. The summed E-state index contributed by atoms with van der Waals surface area (Å²) in [5, 5.41) is 16.1. The summed E-state index contributed by atoms with van der Waals surface area (Å²) in [6.45, 7) is 1.43. The molecule has 0 saturated heterocycles. The highest BCUT2D eigenvalue weighted by Crippen LogP contribution is 2.23. The van der Waals surface area contributed by atoms with Crippen LogP contribution in [0.3, 0.4) is 0 Å². The topological polar surface area (TPSA) is 84.3 Å². The third-order valence-electron chi connectivity index (χ3n) is 3.37. The number of hydrogen-bond acceptors (Lipinski definition) is 4. The first-order chi connectivity index (χ1) is 11.4. The molecule has 6 nitrogen and oxygen atoms in total. The molecule has 2 rings (SSSR count). The van der Waals surface area contributed by atoms with Crippen molar-refractivity contribution < 1.29 is 18.5 Å².